The van der Waals surface area contributed by atoms with Crippen molar-refractivity contribution in [2.24, 2.45) is 0 Å². The normalized spacial score (nSPS) is 11.3. The molecule has 0 unspecified atom stereocenters. The zero-order valence-corrected chi connectivity index (χ0v) is 11.5. The molecule has 0 aliphatic rings. The molecule has 0 saturated carbocycles. The van der Waals surface area contributed by atoms with Crippen molar-refractivity contribution in [3.8, 4) is 0 Å². The van der Waals surface area contributed by atoms with E-state index in [4.69, 9.17) is 11.6 Å². The summed E-state index contributed by atoms with van der Waals surface area (Å²) < 4.78 is 25.0. The SMILES string of the molecule is CCNS(=O)(=O)CCNc1nc(Cl)ncc1[N+](=O)[O-]. The van der Waals surface area contributed by atoms with Crippen molar-refractivity contribution < 1.29 is 13.3 Å². The molecule has 0 radical (unpaired) electrons. The summed E-state index contributed by atoms with van der Waals surface area (Å²) in [6.07, 6.45) is 0.955. The molecule has 0 bridgehead atoms. The predicted octanol–water partition coefficient (Wildman–Crippen LogP) is 0.389. The van der Waals surface area contributed by atoms with Crippen LogP contribution in [-0.4, -0.2) is 42.2 Å². The Morgan fingerprint density at radius 3 is 2.79 bits per heavy atom. The quantitative estimate of drug-likeness (QED) is 0.423. The van der Waals surface area contributed by atoms with Crippen LogP contribution in [0.25, 0.3) is 0 Å². The summed E-state index contributed by atoms with van der Waals surface area (Å²) in [7, 11) is -3.40. The molecule has 0 atom stereocenters. The van der Waals surface area contributed by atoms with Gasteiger partial charge in [-0.3, -0.25) is 10.1 Å². The van der Waals surface area contributed by atoms with E-state index in [1.165, 1.54) is 0 Å². The molecule has 19 heavy (non-hydrogen) atoms. The van der Waals surface area contributed by atoms with Gasteiger partial charge in [0.25, 0.3) is 0 Å². The van der Waals surface area contributed by atoms with Crippen LogP contribution in [0, 0.1) is 10.1 Å². The maximum Gasteiger partial charge on any atom is 0.329 e. The van der Waals surface area contributed by atoms with Crippen molar-refractivity contribution in [2.45, 2.75) is 6.92 Å². The first-order chi connectivity index (χ1) is 8.85. The molecule has 1 aromatic rings. The Kier molecular flexibility index (Phi) is 5.39. The standard InChI is InChI=1S/C8H12ClN5O4S/c1-2-12-19(17,18)4-3-10-7-6(14(15)16)5-11-8(9)13-7/h5,12H,2-4H2,1H3,(H,10,11,13). The number of aromatic nitrogens is 2. The Hall–Kier alpha value is -1.52. The van der Waals surface area contributed by atoms with E-state index in [-0.39, 0.29) is 35.6 Å². The molecule has 0 saturated heterocycles. The Labute approximate surface area is 114 Å². The van der Waals surface area contributed by atoms with E-state index < -0.39 is 14.9 Å². The second kappa shape index (κ2) is 6.59. The summed E-state index contributed by atoms with van der Waals surface area (Å²) in [4.78, 5) is 17.2. The monoisotopic (exact) mass is 309 g/mol. The maximum absolute atomic E-state index is 11.4. The number of rotatable bonds is 7. The number of nitrogens with one attached hydrogen (secondary N) is 2. The van der Waals surface area contributed by atoms with E-state index in [1.807, 2.05) is 0 Å². The summed E-state index contributed by atoms with van der Waals surface area (Å²) >= 11 is 5.52. The molecule has 0 fully saturated rings. The lowest BCUT2D eigenvalue weighted by Gasteiger charge is -2.07. The van der Waals surface area contributed by atoms with Gasteiger partial charge in [-0.05, 0) is 11.6 Å². The number of anilines is 1. The van der Waals surface area contributed by atoms with Gasteiger partial charge >= 0.3 is 5.69 Å². The number of nitro groups is 1. The number of hydrogen-bond acceptors (Lipinski definition) is 7. The fourth-order valence-electron chi connectivity index (χ4n) is 1.21. The van der Waals surface area contributed by atoms with E-state index >= 15 is 0 Å². The second-order valence-corrected chi connectivity index (χ2v) is 5.64. The third kappa shape index (κ3) is 4.93. The van der Waals surface area contributed by atoms with Gasteiger partial charge in [-0.1, -0.05) is 6.92 Å². The zero-order valence-electron chi connectivity index (χ0n) is 9.96. The van der Waals surface area contributed by atoms with Gasteiger partial charge in [-0.25, -0.2) is 18.1 Å². The molecule has 1 rings (SSSR count). The van der Waals surface area contributed by atoms with Crippen molar-refractivity contribution in [2.75, 3.05) is 24.2 Å². The van der Waals surface area contributed by atoms with Gasteiger partial charge in [0.05, 0.1) is 10.7 Å². The van der Waals surface area contributed by atoms with Crippen molar-refractivity contribution in [1.29, 1.82) is 0 Å². The summed E-state index contributed by atoms with van der Waals surface area (Å²) in [6.45, 7) is 1.89. The first-order valence-corrected chi connectivity index (χ1v) is 7.27. The fourth-order valence-corrected chi connectivity index (χ4v) is 2.30. The second-order valence-electron chi connectivity index (χ2n) is 3.37. The van der Waals surface area contributed by atoms with E-state index in [0.717, 1.165) is 6.20 Å². The van der Waals surface area contributed by atoms with Crippen LogP contribution in [0.4, 0.5) is 11.5 Å². The van der Waals surface area contributed by atoms with Crippen LogP contribution < -0.4 is 10.0 Å². The summed E-state index contributed by atoms with van der Waals surface area (Å²) in [5.41, 5.74) is -0.370. The number of nitrogens with zero attached hydrogens (tertiary/aromatic N) is 3. The molecule has 0 spiro atoms. The molecule has 0 aliphatic heterocycles. The van der Waals surface area contributed by atoms with E-state index in [0.29, 0.717) is 0 Å². The third-order valence-corrected chi connectivity index (χ3v) is 3.62. The predicted molar refractivity (Wildman–Crippen MR) is 69.6 cm³/mol. The minimum absolute atomic E-state index is 0.0382. The van der Waals surface area contributed by atoms with Crippen LogP contribution >= 0.6 is 11.6 Å². The van der Waals surface area contributed by atoms with Crippen molar-refractivity contribution in [3.63, 3.8) is 0 Å². The fraction of sp³-hybridized carbons (Fsp3) is 0.500. The van der Waals surface area contributed by atoms with Crippen molar-refractivity contribution >= 4 is 33.1 Å². The van der Waals surface area contributed by atoms with Crippen LogP contribution in [0.1, 0.15) is 6.92 Å². The lowest BCUT2D eigenvalue weighted by atomic mass is 10.5. The zero-order chi connectivity index (χ0) is 14.5. The first-order valence-electron chi connectivity index (χ1n) is 5.24. The number of sulfonamides is 1. The summed E-state index contributed by atoms with van der Waals surface area (Å²) in [5.74, 6) is -0.351. The van der Waals surface area contributed by atoms with Crippen LogP contribution in [0.2, 0.25) is 5.28 Å². The number of hydrogen-bond donors (Lipinski definition) is 2. The van der Waals surface area contributed by atoms with Gasteiger partial charge in [-0.2, -0.15) is 4.98 Å². The minimum Gasteiger partial charge on any atom is -0.363 e. The molecular weight excluding hydrogens is 298 g/mol. The van der Waals surface area contributed by atoms with Crippen LogP contribution in [0.15, 0.2) is 6.20 Å². The average Bonchev–Trinajstić information content (AvgIpc) is 2.28. The lowest BCUT2D eigenvalue weighted by molar-refractivity contribution is -0.384. The molecule has 0 amide bonds. The van der Waals surface area contributed by atoms with Crippen LogP contribution in [-0.2, 0) is 10.0 Å². The van der Waals surface area contributed by atoms with Crippen LogP contribution in [0.5, 0.6) is 0 Å². The molecule has 0 aromatic carbocycles. The largest absolute Gasteiger partial charge is 0.363 e. The van der Waals surface area contributed by atoms with Gasteiger partial charge in [0.1, 0.15) is 6.20 Å². The van der Waals surface area contributed by atoms with E-state index in [9.17, 15) is 18.5 Å². The highest BCUT2D eigenvalue weighted by Gasteiger charge is 2.17. The van der Waals surface area contributed by atoms with Gasteiger partial charge < -0.3 is 5.32 Å². The van der Waals surface area contributed by atoms with E-state index in [1.54, 1.807) is 6.92 Å². The van der Waals surface area contributed by atoms with E-state index in [2.05, 4.69) is 20.0 Å². The number of halogens is 1. The molecule has 9 nitrogen and oxygen atoms in total. The molecule has 1 aromatic heterocycles. The van der Waals surface area contributed by atoms with Gasteiger partial charge in [0.2, 0.25) is 21.1 Å². The van der Waals surface area contributed by atoms with Crippen LogP contribution in [0.3, 0.4) is 0 Å². The van der Waals surface area contributed by atoms with Gasteiger partial charge in [0, 0.05) is 13.1 Å². The molecule has 11 heteroatoms. The van der Waals surface area contributed by atoms with Gasteiger partial charge in [0.15, 0.2) is 0 Å². The minimum atomic E-state index is -3.40. The molecule has 0 aliphatic carbocycles. The smallest absolute Gasteiger partial charge is 0.329 e. The molecule has 1 heterocycles. The van der Waals surface area contributed by atoms with Crippen molar-refractivity contribution in [1.82, 2.24) is 14.7 Å². The molecular formula is C8H12ClN5O4S. The first kappa shape index (κ1) is 15.5. The summed E-state index contributed by atoms with van der Waals surface area (Å²) in [6, 6.07) is 0. The Bertz CT molecular complexity index is 564. The average molecular weight is 310 g/mol. The topological polar surface area (TPSA) is 127 Å². The lowest BCUT2D eigenvalue weighted by Crippen LogP contribution is -2.29. The molecule has 2 N–H and O–H groups in total. The maximum atomic E-state index is 11.4. The Morgan fingerprint density at radius 2 is 2.21 bits per heavy atom. The highest BCUT2D eigenvalue weighted by molar-refractivity contribution is 7.89. The Balaban J connectivity index is 2.73. The highest BCUT2D eigenvalue weighted by atomic mass is 35.5. The van der Waals surface area contributed by atoms with Gasteiger partial charge in [-0.15, -0.1) is 0 Å². The third-order valence-electron chi connectivity index (χ3n) is 1.96. The summed E-state index contributed by atoms with van der Waals surface area (Å²) in [5, 5.41) is 13.1. The molecule has 106 valence electrons. The highest BCUT2D eigenvalue weighted by Crippen LogP contribution is 2.21. The van der Waals surface area contributed by atoms with Crippen molar-refractivity contribution in [3.05, 3.63) is 21.6 Å². The Morgan fingerprint density at radius 1 is 1.53 bits per heavy atom.